The highest BCUT2D eigenvalue weighted by atomic mass is 16.3. The Morgan fingerprint density at radius 1 is 1.45 bits per heavy atom. The first-order valence-electron chi connectivity index (χ1n) is 3.46. The van der Waals surface area contributed by atoms with Gasteiger partial charge in [-0.3, -0.25) is 4.79 Å². The molecule has 0 amide bonds. The largest absolute Gasteiger partial charge is 0.508 e. The lowest BCUT2D eigenvalue weighted by Crippen LogP contribution is -1.84. The molecule has 0 heterocycles. The first-order valence-corrected chi connectivity index (χ1v) is 3.46. The number of hydrogen-bond donors (Lipinski definition) is 1. The summed E-state index contributed by atoms with van der Waals surface area (Å²) in [4.78, 5) is 9.88. The molecule has 57 valence electrons. The number of rotatable bonds is 3. The zero-order valence-electron chi connectivity index (χ0n) is 6.08. The Hall–Kier alpha value is -1.31. The van der Waals surface area contributed by atoms with Crippen LogP contribution in [0.25, 0.3) is 0 Å². The molecule has 11 heavy (non-hydrogen) atoms. The third-order valence-corrected chi connectivity index (χ3v) is 1.43. The summed E-state index contributed by atoms with van der Waals surface area (Å²) < 4.78 is 0. The van der Waals surface area contributed by atoms with E-state index < -0.39 is 0 Å². The van der Waals surface area contributed by atoms with Gasteiger partial charge in [0.25, 0.3) is 0 Å². The lowest BCUT2D eigenvalue weighted by Gasteiger charge is -1.96. The van der Waals surface area contributed by atoms with Crippen molar-refractivity contribution < 1.29 is 9.90 Å². The predicted octanol–water partition coefficient (Wildman–Crippen LogP) is 1.43. The van der Waals surface area contributed by atoms with E-state index in [1.165, 1.54) is 0 Å². The molecule has 1 rings (SSSR count). The van der Waals surface area contributed by atoms with Crippen LogP contribution in [0, 0.1) is 0 Å². The van der Waals surface area contributed by atoms with Gasteiger partial charge in [-0.2, -0.15) is 0 Å². The molecule has 1 radical (unpaired) electrons. The standard InChI is InChI=1S/C9H9O2/c10-6-2-4-8-3-1-5-9(11)7-8/h1,3,5,7,11H,2,4H2. The van der Waals surface area contributed by atoms with E-state index in [1.807, 2.05) is 6.07 Å². The second kappa shape index (κ2) is 3.76. The van der Waals surface area contributed by atoms with Gasteiger partial charge >= 0.3 is 0 Å². The average Bonchev–Trinajstić information content (AvgIpc) is 2.01. The molecule has 0 unspecified atom stereocenters. The van der Waals surface area contributed by atoms with Crippen LogP contribution in [0.4, 0.5) is 0 Å². The van der Waals surface area contributed by atoms with E-state index in [-0.39, 0.29) is 5.75 Å². The summed E-state index contributed by atoms with van der Waals surface area (Å²) in [6, 6.07) is 6.89. The summed E-state index contributed by atoms with van der Waals surface area (Å²) in [5, 5.41) is 9.01. The number of phenolic OH excluding ortho intramolecular Hbond substituents is 1. The molecule has 0 saturated carbocycles. The fraction of sp³-hybridized carbons (Fsp3) is 0.222. The minimum absolute atomic E-state index is 0.244. The number of aromatic hydroxyl groups is 1. The Kier molecular flexibility index (Phi) is 2.66. The zero-order chi connectivity index (χ0) is 8.10. The first-order chi connectivity index (χ1) is 5.33. The lowest BCUT2D eigenvalue weighted by molar-refractivity contribution is 0.474. The lowest BCUT2D eigenvalue weighted by atomic mass is 10.1. The van der Waals surface area contributed by atoms with Crippen LogP contribution in [-0.2, 0) is 11.2 Å². The van der Waals surface area contributed by atoms with Gasteiger partial charge in [-0.1, -0.05) is 12.1 Å². The normalized spacial score (nSPS) is 9.45. The molecule has 1 aromatic rings. The van der Waals surface area contributed by atoms with Crippen molar-refractivity contribution in [2.75, 3.05) is 0 Å². The Morgan fingerprint density at radius 3 is 2.91 bits per heavy atom. The molecular weight excluding hydrogens is 140 g/mol. The van der Waals surface area contributed by atoms with Crippen molar-refractivity contribution in [3.63, 3.8) is 0 Å². The molecule has 0 aromatic heterocycles. The smallest absolute Gasteiger partial charge is 0.198 e. The molecule has 2 nitrogen and oxygen atoms in total. The van der Waals surface area contributed by atoms with E-state index in [4.69, 9.17) is 5.11 Å². The Morgan fingerprint density at radius 2 is 2.27 bits per heavy atom. The molecule has 0 aliphatic heterocycles. The fourth-order valence-corrected chi connectivity index (χ4v) is 0.907. The summed E-state index contributed by atoms with van der Waals surface area (Å²) in [7, 11) is 0. The SMILES string of the molecule is O=[C]CCc1cccc(O)c1. The van der Waals surface area contributed by atoms with E-state index in [0.29, 0.717) is 12.8 Å². The Balaban J connectivity index is 2.63. The molecule has 1 N–H and O–H groups in total. The summed E-state index contributed by atoms with van der Waals surface area (Å²) in [5.74, 6) is 0.244. The van der Waals surface area contributed by atoms with Gasteiger partial charge in [-0.25, -0.2) is 0 Å². The van der Waals surface area contributed by atoms with Crippen molar-refractivity contribution in [1.82, 2.24) is 0 Å². The van der Waals surface area contributed by atoms with Crippen LogP contribution in [0.3, 0.4) is 0 Å². The molecule has 0 atom stereocenters. The van der Waals surface area contributed by atoms with Gasteiger partial charge < -0.3 is 5.11 Å². The number of aryl methyl sites for hydroxylation is 1. The van der Waals surface area contributed by atoms with Gasteiger partial charge in [-0.05, 0) is 24.1 Å². The van der Waals surface area contributed by atoms with Gasteiger partial charge in [0.2, 0.25) is 0 Å². The summed E-state index contributed by atoms with van der Waals surface area (Å²) in [5.41, 5.74) is 0.966. The summed E-state index contributed by atoms with van der Waals surface area (Å²) in [6.07, 6.45) is 2.85. The number of carbonyl (C=O) groups excluding carboxylic acids is 1. The highest BCUT2D eigenvalue weighted by Crippen LogP contribution is 2.11. The van der Waals surface area contributed by atoms with E-state index in [9.17, 15) is 4.79 Å². The second-order valence-electron chi connectivity index (χ2n) is 2.31. The molecule has 0 bridgehead atoms. The Bertz CT molecular complexity index is 243. The van der Waals surface area contributed by atoms with E-state index in [1.54, 1.807) is 24.5 Å². The maximum absolute atomic E-state index is 9.88. The molecular formula is C9H9O2. The predicted molar refractivity (Wildman–Crippen MR) is 42.1 cm³/mol. The third-order valence-electron chi connectivity index (χ3n) is 1.43. The number of benzene rings is 1. The molecule has 0 aliphatic rings. The quantitative estimate of drug-likeness (QED) is 0.706. The third kappa shape index (κ3) is 2.42. The maximum Gasteiger partial charge on any atom is 0.198 e. The number of hydrogen-bond acceptors (Lipinski definition) is 2. The first kappa shape index (κ1) is 7.79. The minimum Gasteiger partial charge on any atom is -0.508 e. The van der Waals surface area contributed by atoms with Gasteiger partial charge in [0, 0.05) is 6.42 Å². The van der Waals surface area contributed by atoms with Crippen LogP contribution >= 0.6 is 0 Å². The van der Waals surface area contributed by atoms with E-state index in [2.05, 4.69) is 0 Å². The van der Waals surface area contributed by atoms with Gasteiger partial charge in [-0.15, -0.1) is 0 Å². The zero-order valence-corrected chi connectivity index (χ0v) is 6.08. The molecule has 0 fully saturated rings. The topological polar surface area (TPSA) is 37.3 Å². The van der Waals surface area contributed by atoms with E-state index >= 15 is 0 Å². The van der Waals surface area contributed by atoms with Crippen LogP contribution < -0.4 is 0 Å². The summed E-state index contributed by atoms with van der Waals surface area (Å²) in [6.45, 7) is 0. The van der Waals surface area contributed by atoms with Crippen molar-refractivity contribution >= 4 is 6.29 Å². The average molecular weight is 149 g/mol. The second-order valence-corrected chi connectivity index (χ2v) is 2.31. The Labute approximate surface area is 65.5 Å². The molecule has 2 heteroatoms. The van der Waals surface area contributed by atoms with Gasteiger partial charge in [0.1, 0.15) is 5.75 Å². The van der Waals surface area contributed by atoms with E-state index in [0.717, 1.165) is 5.56 Å². The van der Waals surface area contributed by atoms with Crippen LogP contribution in [0.2, 0.25) is 0 Å². The van der Waals surface area contributed by atoms with Crippen molar-refractivity contribution in [2.45, 2.75) is 12.8 Å². The highest BCUT2D eigenvalue weighted by Gasteiger charge is 1.93. The molecule has 0 spiro atoms. The van der Waals surface area contributed by atoms with Crippen molar-refractivity contribution in [3.8, 4) is 5.75 Å². The van der Waals surface area contributed by atoms with Crippen LogP contribution in [0.15, 0.2) is 24.3 Å². The van der Waals surface area contributed by atoms with Crippen molar-refractivity contribution in [1.29, 1.82) is 0 Å². The monoisotopic (exact) mass is 149 g/mol. The minimum atomic E-state index is 0.244. The maximum atomic E-state index is 9.88. The van der Waals surface area contributed by atoms with Crippen LogP contribution in [0.1, 0.15) is 12.0 Å². The molecule has 1 aromatic carbocycles. The number of phenols is 1. The van der Waals surface area contributed by atoms with Crippen LogP contribution in [0.5, 0.6) is 5.75 Å². The van der Waals surface area contributed by atoms with Crippen LogP contribution in [-0.4, -0.2) is 11.4 Å². The molecule has 0 saturated heterocycles. The van der Waals surface area contributed by atoms with Crippen molar-refractivity contribution in [2.24, 2.45) is 0 Å². The van der Waals surface area contributed by atoms with Crippen molar-refractivity contribution in [3.05, 3.63) is 29.8 Å². The molecule has 0 aliphatic carbocycles. The summed E-state index contributed by atoms with van der Waals surface area (Å²) >= 11 is 0. The van der Waals surface area contributed by atoms with Gasteiger partial charge in [0.05, 0.1) is 0 Å². The fourth-order valence-electron chi connectivity index (χ4n) is 0.907. The highest BCUT2D eigenvalue weighted by molar-refractivity contribution is 5.51. The van der Waals surface area contributed by atoms with Gasteiger partial charge in [0.15, 0.2) is 6.29 Å².